The largest absolute Gasteiger partial charge is 0.342 e. The van der Waals surface area contributed by atoms with Crippen LogP contribution in [0.25, 0.3) is 0 Å². The number of benzene rings is 1. The molecule has 3 heteroatoms. The van der Waals surface area contributed by atoms with Crippen molar-refractivity contribution in [2.24, 2.45) is 0 Å². The van der Waals surface area contributed by atoms with Gasteiger partial charge in [-0.15, -0.1) is 0 Å². The number of rotatable bonds is 5. The minimum atomic E-state index is 0.206. The van der Waals surface area contributed by atoms with E-state index in [1.165, 1.54) is 24.0 Å². The van der Waals surface area contributed by atoms with E-state index in [1.807, 2.05) is 4.90 Å². The molecule has 1 aliphatic rings. The Hall–Kier alpha value is -1.35. The number of nitrogens with zero attached hydrogens (tertiary/aromatic N) is 1. The standard InChI is InChI=1S/C19H30N2O/c1-15(2)17-8-10-18(11-9-17)16(3)20-14-19(22)21-12-6-4-5-7-13-21/h8-11,15-16,20H,4-7,12-14H2,1-3H3. The summed E-state index contributed by atoms with van der Waals surface area (Å²) in [6, 6.07) is 8.92. The normalized spacial score (nSPS) is 17.4. The van der Waals surface area contributed by atoms with E-state index in [0.717, 1.165) is 25.9 Å². The maximum Gasteiger partial charge on any atom is 0.236 e. The van der Waals surface area contributed by atoms with Crippen LogP contribution >= 0.6 is 0 Å². The fraction of sp³-hybridized carbons (Fsp3) is 0.632. The smallest absolute Gasteiger partial charge is 0.236 e. The summed E-state index contributed by atoms with van der Waals surface area (Å²) < 4.78 is 0. The van der Waals surface area contributed by atoms with Gasteiger partial charge in [0, 0.05) is 19.1 Å². The maximum absolute atomic E-state index is 12.3. The van der Waals surface area contributed by atoms with E-state index in [1.54, 1.807) is 0 Å². The molecule has 1 aromatic rings. The van der Waals surface area contributed by atoms with Crippen molar-refractivity contribution in [2.75, 3.05) is 19.6 Å². The Labute approximate surface area is 135 Å². The molecule has 0 aromatic heterocycles. The molecular weight excluding hydrogens is 272 g/mol. The van der Waals surface area contributed by atoms with Crippen LogP contribution in [0.4, 0.5) is 0 Å². The molecule has 1 saturated heterocycles. The number of carbonyl (C=O) groups is 1. The van der Waals surface area contributed by atoms with Gasteiger partial charge in [0.25, 0.3) is 0 Å². The molecule has 2 rings (SSSR count). The topological polar surface area (TPSA) is 32.3 Å². The monoisotopic (exact) mass is 302 g/mol. The Bertz CT molecular complexity index is 459. The molecule has 1 atom stereocenters. The Morgan fingerprint density at radius 3 is 2.09 bits per heavy atom. The number of hydrogen-bond acceptors (Lipinski definition) is 2. The zero-order valence-electron chi connectivity index (χ0n) is 14.3. The minimum absolute atomic E-state index is 0.206. The predicted octanol–water partition coefficient (Wildman–Crippen LogP) is 3.86. The molecule has 3 nitrogen and oxygen atoms in total. The molecule has 1 amide bonds. The highest BCUT2D eigenvalue weighted by atomic mass is 16.2. The van der Waals surface area contributed by atoms with Gasteiger partial charge in [-0.2, -0.15) is 0 Å². The first-order valence-electron chi connectivity index (χ1n) is 8.69. The van der Waals surface area contributed by atoms with Gasteiger partial charge in [0.1, 0.15) is 0 Å². The lowest BCUT2D eigenvalue weighted by Gasteiger charge is -2.22. The zero-order chi connectivity index (χ0) is 15.9. The van der Waals surface area contributed by atoms with Crippen molar-refractivity contribution in [3.05, 3.63) is 35.4 Å². The van der Waals surface area contributed by atoms with Gasteiger partial charge in [-0.1, -0.05) is 51.0 Å². The summed E-state index contributed by atoms with van der Waals surface area (Å²) in [4.78, 5) is 14.3. The lowest BCUT2D eigenvalue weighted by Crippen LogP contribution is -2.39. The fourth-order valence-corrected chi connectivity index (χ4v) is 2.96. The molecule has 1 fully saturated rings. The average Bonchev–Trinajstić information content (AvgIpc) is 2.81. The second-order valence-corrected chi connectivity index (χ2v) is 6.72. The summed E-state index contributed by atoms with van der Waals surface area (Å²) in [5.41, 5.74) is 2.60. The molecule has 0 spiro atoms. The molecule has 0 bridgehead atoms. The van der Waals surface area contributed by atoms with Crippen molar-refractivity contribution in [1.82, 2.24) is 10.2 Å². The van der Waals surface area contributed by atoms with Crippen LogP contribution in [0.5, 0.6) is 0 Å². The third-order valence-corrected chi connectivity index (χ3v) is 4.62. The fourth-order valence-electron chi connectivity index (χ4n) is 2.96. The van der Waals surface area contributed by atoms with E-state index in [0.29, 0.717) is 12.5 Å². The first-order chi connectivity index (χ1) is 10.6. The summed E-state index contributed by atoms with van der Waals surface area (Å²) >= 11 is 0. The Kier molecular flexibility index (Phi) is 6.44. The van der Waals surface area contributed by atoms with Crippen molar-refractivity contribution in [3.63, 3.8) is 0 Å². The number of likely N-dealkylation sites (tertiary alicyclic amines) is 1. The Morgan fingerprint density at radius 2 is 1.55 bits per heavy atom. The van der Waals surface area contributed by atoms with Crippen molar-refractivity contribution in [1.29, 1.82) is 0 Å². The second-order valence-electron chi connectivity index (χ2n) is 6.72. The zero-order valence-corrected chi connectivity index (χ0v) is 14.3. The van der Waals surface area contributed by atoms with Gasteiger partial charge in [-0.3, -0.25) is 4.79 Å². The average molecular weight is 302 g/mol. The lowest BCUT2D eigenvalue weighted by molar-refractivity contribution is -0.130. The van der Waals surface area contributed by atoms with Crippen molar-refractivity contribution < 1.29 is 4.79 Å². The van der Waals surface area contributed by atoms with Crippen LogP contribution < -0.4 is 5.32 Å². The summed E-state index contributed by atoms with van der Waals surface area (Å²) in [6.07, 6.45) is 4.82. The van der Waals surface area contributed by atoms with E-state index in [4.69, 9.17) is 0 Å². The van der Waals surface area contributed by atoms with Crippen LogP contribution in [-0.4, -0.2) is 30.4 Å². The number of amides is 1. The van der Waals surface area contributed by atoms with Gasteiger partial charge in [0.2, 0.25) is 5.91 Å². The Balaban J connectivity index is 1.83. The van der Waals surface area contributed by atoms with Crippen molar-refractivity contribution in [2.45, 2.75) is 58.4 Å². The summed E-state index contributed by atoms with van der Waals surface area (Å²) in [7, 11) is 0. The van der Waals surface area contributed by atoms with Gasteiger partial charge < -0.3 is 10.2 Å². The lowest BCUT2D eigenvalue weighted by atomic mass is 9.99. The van der Waals surface area contributed by atoms with Crippen LogP contribution in [0.2, 0.25) is 0 Å². The second kappa shape index (κ2) is 8.33. The molecule has 1 aromatic carbocycles. The third kappa shape index (κ3) is 4.84. The SMILES string of the molecule is CC(C)c1ccc(C(C)NCC(=O)N2CCCCCC2)cc1. The molecule has 0 radical (unpaired) electrons. The van der Waals surface area contributed by atoms with Crippen LogP contribution in [0.15, 0.2) is 24.3 Å². The van der Waals surface area contributed by atoms with Crippen LogP contribution in [0.1, 0.15) is 69.5 Å². The molecule has 0 saturated carbocycles. The molecule has 1 N–H and O–H groups in total. The molecule has 1 heterocycles. The minimum Gasteiger partial charge on any atom is -0.342 e. The van der Waals surface area contributed by atoms with E-state index < -0.39 is 0 Å². The van der Waals surface area contributed by atoms with Crippen molar-refractivity contribution >= 4 is 5.91 Å². The first-order valence-corrected chi connectivity index (χ1v) is 8.69. The van der Waals surface area contributed by atoms with Crippen LogP contribution in [-0.2, 0) is 4.79 Å². The first kappa shape index (κ1) is 17.0. The number of nitrogens with one attached hydrogen (secondary N) is 1. The van der Waals surface area contributed by atoms with Gasteiger partial charge >= 0.3 is 0 Å². The van der Waals surface area contributed by atoms with E-state index in [9.17, 15) is 4.79 Å². The molecule has 0 aliphatic carbocycles. The van der Waals surface area contributed by atoms with Gasteiger partial charge in [-0.05, 0) is 36.8 Å². The molecule has 122 valence electrons. The molecule has 1 unspecified atom stereocenters. The summed E-state index contributed by atoms with van der Waals surface area (Å²) in [5, 5.41) is 3.37. The number of hydrogen-bond donors (Lipinski definition) is 1. The maximum atomic E-state index is 12.3. The predicted molar refractivity (Wildman–Crippen MR) is 92.0 cm³/mol. The molecule has 22 heavy (non-hydrogen) atoms. The van der Waals surface area contributed by atoms with Crippen LogP contribution in [0, 0.1) is 0 Å². The highest BCUT2D eigenvalue weighted by Crippen LogP contribution is 2.18. The summed E-state index contributed by atoms with van der Waals surface area (Å²) in [6.45, 7) is 8.83. The van der Waals surface area contributed by atoms with E-state index >= 15 is 0 Å². The van der Waals surface area contributed by atoms with Gasteiger partial charge in [0.15, 0.2) is 0 Å². The highest BCUT2D eigenvalue weighted by molar-refractivity contribution is 5.78. The molecular formula is C19H30N2O. The van der Waals surface area contributed by atoms with E-state index in [-0.39, 0.29) is 11.9 Å². The van der Waals surface area contributed by atoms with Gasteiger partial charge in [-0.25, -0.2) is 0 Å². The highest BCUT2D eigenvalue weighted by Gasteiger charge is 2.16. The third-order valence-electron chi connectivity index (χ3n) is 4.62. The number of carbonyl (C=O) groups excluding carboxylic acids is 1. The van der Waals surface area contributed by atoms with Crippen LogP contribution in [0.3, 0.4) is 0 Å². The van der Waals surface area contributed by atoms with Crippen molar-refractivity contribution in [3.8, 4) is 0 Å². The Morgan fingerprint density at radius 1 is 1.00 bits per heavy atom. The van der Waals surface area contributed by atoms with E-state index in [2.05, 4.69) is 50.4 Å². The summed E-state index contributed by atoms with van der Waals surface area (Å²) in [5.74, 6) is 0.800. The quantitative estimate of drug-likeness (QED) is 0.895. The van der Waals surface area contributed by atoms with Gasteiger partial charge in [0.05, 0.1) is 6.54 Å². The molecule has 1 aliphatic heterocycles.